The Balaban J connectivity index is 1.73. The molecule has 116 valence electrons. The van der Waals surface area contributed by atoms with Crippen molar-refractivity contribution in [2.45, 2.75) is 45.8 Å². The molecule has 0 unspecified atom stereocenters. The summed E-state index contributed by atoms with van der Waals surface area (Å²) in [6.07, 6.45) is 3.26. The molecule has 1 aromatic carbocycles. The first-order valence-electron chi connectivity index (χ1n) is 7.89. The number of nitrogens with one attached hydrogen (secondary N) is 2. The summed E-state index contributed by atoms with van der Waals surface area (Å²) in [5.74, 6) is 0.0214. The van der Waals surface area contributed by atoms with E-state index in [1.54, 1.807) is 0 Å². The number of rotatable bonds is 7. The fourth-order valence-corrected chi connectivity index (χ4v) is 2.47. The molecule has 1 amide bonds. The van der Waals surface area contributed by atoms with Gasteiger partial charge in [-0.25, -0.2) is 0 Å². The molecule has 0 saturated carbocycles. The highest BCUT2D eigenvalue weighted by atomic mass is 16.5. The van der Waals surface area contributed by atoms with Crippen molar-refractivity contribution in [2.75, 3.05) is 19.7 Å². The van der Waals surface area contributed by atoms with Crippen LogP contribution in [0.4, 0.5) is 0 Å². The lowest BCUT2D eigenvalue weighted by Crippen LogP contribution is -2.27. The predicted molar refractivity (Wildman–Crippen MR) is 84.5 cm³/mol. The largest absolute Gasteiger partial charge is 0.379 e. The van der Waals surface area contributed by atoms with Gasteiger partial charge in [-0.2, -0.15) is 0 Å². The number of benzene rings is 1. The summed E-state index contributed by atoms with van der Waals surface area (Å²) in [6.45, 7) is 7.42. The smallest absolute Gasteiger partial charge is 0.251 e. The minimum absolute atomic E-state index is 0.0214. The molecule has 0 fully saturated rings. The zero-order valence-electron chi connectivity index (χ0n) is 13.1. The van der Waals surface area contributed by atoms with Crippen LogP contribution in [-0.4, -0.2) is 31.7 Å². The maximum atomic E-state index is 12.1. The van der Waals surface area contributed by atoms with Gasteiger partial charge in [0.15, 0.2) is 0 Å². The monoisotopic (exact) mass is 290 g/mol. The van der Waals surface area contributed by atoms with Crippen molar-refractivity contribution >= 4 is 5.91 Å². The zero-order chi connectivity index (χ0) is 15.1. The van der Waals surface area contributed by atoms with Gasteiger partial charge in [0.05, 0.1) is 6.10 Å². The van der Waals surface area contributed by atoms with Gasteiger partial charge in [-0.15, -0.1) is 0 Å². The van der Waals surface area contributed by atoms with Gasteiger partial charge >= 0.3 is 0 Å². The molecule has 21 heavy (non-hydrogen) atoms. The standard InChI is InChI=1S/C17H26N2O2/c1-13(2)21-10-4-3-8-19-17(20)15-6-5-14-7-9-18-12-16(14)11-15/h5-6,11,13,18H,3-4,7-10,12H2,1-2H3,(H,19,20). The van der Waals surface area contributed by atoms with E-state index in [1.165, 1.54) is 11.1 Å². The van der Waals surface area contributed by atoms with Gasteiger partial charge in [0, 0.05) is 25.3 Å². The Hall–Kier alpha value is -1.39. The van der Waals surface area contributed by atoms with E-state index in [1.807, 2.05) is 26.0 Å². The molecule has 0 bridgehead atoms. The first-order valence-corrected chi connectivity index (χ1v) is 7.89. The highest BCUT2D eigenvalue weighted by molar-refractivity contribution is 5.94. The Morgan fingerprint density at radius 3 is 3.00 bits per heavy atom. The van der Waals surface area contributed by atoms with Gasteiger partial charge < -0.3 is 15.4 Å². The van der Waals surface area contributed by atoms with E-state index in [-0.39, 0.29) is 12.0 Å². The first kappa shape index (κ1) is 16.0. The van der Waals surface area contributed by atoms with E-state index < -0.39 is 0 Å². The number of hydrogen-bond donors (Lipinski definition) is 2. The Morgan fingerprint density at radius 2 is 2.19 bits per heavy atom. The molecule has 0 atom stereocenters. The van der Waals surface area contributed by atoms with Gasteiger partial charge in [-0.05, 0) is 62.9 Å². The molecule has 4 heteroatoms. The summed E-state index contributed by atoms with van der Waals surface area (Å²) < 4.78 is 5.48. The van der Waals surface area contributed by atoms with Crippen LogP contribution in [0.3, 0.4) is 0 Å². The Kier molecular flexibility index (Phi) is 6.21. The Labute approximate surface area is 127 Å². The average Bonchev–Trinajstić information content (AvgIpc) is 2.49. The summed E-state index contributed by atoms with van der Waals surface area (Å²) in [4.78, 5) is 12.1. The van der Waals surface area contributed by atoms with Crippen molar-refractivity contribution in [1.82, 2.24) is 10.6 Å². The molecular weight excluding hydrogens is 264 g/mol. The molecule has 0 saturated heterocycles. The molecule has 1 heterocycles. The van der Waals surface area contributed by atoms with Crippen molar-refractivity contribution < 1.29 is 9.53 Å². The normalized spacial score (nSPS) is 14.0. The van der Waals surface area contributed by atoms with Crippen molar-refractivity contribution in [3.63, 3.8) is 0 Å². The highest BCUT2D eigenvalue weighted by Gasteiger charge is 2.12. The number of carbonyl (C=O) groups is 1. The van der Waals surface area contributed by atoms with Crippen LogP contribution in [0, 0.1) is 0 Å². The van der Waals surface area contributed by atoms with E-state index in [0.717, 1.165) is 44.5 Å². The molecule has 0 spiro atoms. The SMILES string of the molecule is CC(C)OCCCCNC(=O)c1ccc2c(c1)CNCC2. The lowest BCUT2D eigenvalue weighted by molar-refractivity contribution is 0.0754. The van der Waals surface area contributed by atoms with Crippen molar-refractivity contribution in [2.24, 2.45) is 0 Å². The number of unbranched alkanes of at least 4 members (excludes halogenated alkanes) is 1. The molecule has 0 aliphatic carbocycles. The molecule has 0 radical (unpaired) electrons. The van der Waals surface area contributed by atoms with Gasteiger partial charge in [0.2, 0.25) is 0 Å². The predicted octanol–water partition coefficient (Wildman–Crippen LogP) is 2.27. The summed E-state index contributed by atoms with van der Waals surface area (Å²) in [7, 11) is 0. The van der Waals surface area contributed by atoms with Crippen molar-refractivity contribution in [3.05, 3.63) is 34.9 Å². The molecule has 2 N–H and O–H groups in total. The second-order valence-corrected chi connectivity index (χ2v) is 5.79. The second kappa shape index (κ2) is 8.15. The van der Waals surface area contributed by atoms with Gasteiger partial charge in [-0.3, -0.25) is 4.79 Å². The number of hydrogen-bond acceptors (Lipinski definition) is 3. The topological polar surface area (TPSA) is 50.4 Å². The third-order valence-electron chi connectivity index (χ3n) is 3.66. The lowest BCUT2D eigenvalue weighted by Gasteiger charge is -2.17. The van der Waals surface area contributed by atoms with Crippen LogP contribution in [0.25, 0.3) is 0 Å². The third kappa shape index (κ3) is 5.14. The fraction of sp³-hybridized carbons (Fsp3) is 0.588. The minimum atomic E-state index is 0.0214. The molecule has 4 nitrogen and oxygen atoms in total. The third-order valence-corrected chi connectivity index (χ3v) is 3.66. The Morgan fingerprint density at radius 1 is 1.33 bits per heavy atom. The van der Waals surface area contributed by atoms with E-state index in [2.05, 4.69) is 16.7 Å². The summed E-state index contributed by atoms with van der Waals surface area (Å²) in [6, 6.07) is 6.03. The van der Waals surface area contributed by atoms with Gasteiger partial charge in [0.1, 0.15) is 0 Å². The molecule has 1 aliphatic heterocycles. The number of ether oxygens (including phenoxy) is 1. The quantitative estimate of drug-likeness (QED) is 0.757. The van der Waals surface area contributed by atoms with E-state index in [4.69, 9.17) is 4.74 Å². The van der Waals surface area contributed by atoms with Crippen LogP contribution in [0.5, 0.6) is 0 Å². The van der Waals surface area contributed by atoms with Crippen molar-refractivity contribution in [3.8, 4) is 0 Å². The van der Waals surface area contributed by atoms with E-state index in [9.17, 15) is 4.79 Å². The van der Waals surface area contributed by atoms with Crippen LogP contribution in [0.2, 0.25) is 0 Å². The molecule has 0 aromatic heterocycles. The Bertz CT molecular complexity index is 472. The highest BCUT2D eigenvalue weighted by Crippen LogP contribution is 2.15. The van der Waals surface area contributed by atoms with E-state index >= 15 is 0 Å². The summed E-state index contributed by atoms with van der Waals surface area (Å²) >= 11 is 0. The van der Waals surface area contributed by atoms with Crippen LogP contribution >= 0.6 is 0 Å². The first-order chi connectivity index (χ1) is 10.2. The molecular formula is C17H26N2O2. The minimum Gasteiger partial charge on any atom is -0.379 e. The number of fused-ring (bicyclic) bond motifs is 1. The summed E-state index contributed by atoms with van der Waals surface area (Å²) in [5.41, 5.74) is 3.37. The van der Waals surface area contributed by atoms with Crippen LogP contribution in [0.1, 0.15) is 48.2 Å². The van der Waals surface area contributed by atoms with Crippen LogP contribution < -0.4 is 10.6 Å². The summed E-state index contributed by atoms with van der Waals surface area (Å²) in [5, 5.41) is 6.32. The maximum Gasteiger partial charge on any atom is 0.251 e. The molecule has 2 rings (SSSR count). The van der Waals surface area contributed by atoms with Crippen molar-refractivity contribution in [1.29, 1.82) is 0 Å². The number of carbonyl (C=O) groups excluding carboxylic acids is 1. The molecule has 1 aliphatic rings. The van der Waals surface area contributed by atoms with E-state index in [0.29, 0.717) is 6.54 Å². The van der Waals surface area contributed by atoms with Gasteiger partial charge in [0.25, 0.3) is 5.91 Å². The van der Waals surface area contributed by atoms with Gasteiger partial charge in [-0.1, -0.05) is 6.07 Å². The average molecular weight is 290 g/mol. The fourth-order valence-electron chi connectivity index (χ4n) is 2.47. The maximum absolute atomic E-state index is 12.1. The zero-order valence-corrected chi connectivity index (χ0v) is 13.1. The van der Waals surface area contributed by atoms with Crippen LogP contribution in [-0.2, 0) is 17.7 Å². The number of amides is 1. The molecule has 1 aromatic rings. The second-order valence-electron chi connectivity index (χ2n) is 5.79. The lowest BCUT2D eigenvalue weighted by atomic mass is 9.98. The van der Waals surface area contributed by atoms with Crippen LogP contribution in [0.15, 0.2) is 18.2 Å².